The Bertz CT molecular complexity index is 1810. The van der Waals surface area contributed by atoms with Gasteiger partial charge in [0.15, 0.2) is 16.3 Å². The Morgan fingerprint density at radius 3 is 2.61 bits per heavy atom. The van der Waals surface area contributed by atoms with E-state index < -0.39 is 17.8 Å². The lowest BCUT2D eigenvalue weighted by molar-refractivity contribution is -0.139. The molecule has 1 aliphatic heterocycles. The van der Waals surface area contributed by atoms with Gasteiger partial charge in [-0.2, -0.15) is 0 Å². The molecule has 7 nitrogen and oxygen atoms in total. The predicted molar refractivity (Wildman–Crippen MR) is 156 cm³/mol. The maximum absolute atomic E-state index is 14.3. The Labute approximate surface area is 244 Å². The molecule has 0 aliphatic carbocycles. The summed E-state index contributed by atoms with van der Waals surface area (Å²) in [5.74, 6) is -0.186. The summed E-state index contributed by atoms with van der Waals surface area (Å²) in [6.07, 6.45) is 1.72. The maximum atomic E-state index is 14.3. The van der Waals surface area contributed by atoms with Crippen LogP contribution in [0.15, 0.2) is 87.8 Å². The molecule has 10 heteroatoms. The average Bonchev–Trinajstić information content (AvgIpc) is 3.26. The van der Waals surface area contributed by atoms with Gasteiger partial charge >= 0.3 is 5.97 Å². The van der Waals surface area contributed by atoms with Crippen molar-refractivity contribution in [2.45, 2.75) is 26.5 Å². The zero-order chi connectivity index (χ0) is 29.1. The van der Waals surface area contributed by atoms with Crippen LogP contribution >= 0.6 is 22.9 Å². The van der Waals surface area contributed by atoms with Crippen molar-refractivity contribution in [1.29, 1.82) is 0 Å². The number of rotatable bonds is 8. The minimum absolute atomic E-state index is 0.111. The maximum Gasteiger partial charge on any atom is 0.338 e. The van der Waals surface area contributed by atoms with Crippen molar-refractivity contribution < 1.29 is 23.4 Å². The van der Waals surface area contributed by atoms with E-state index in [1.54, 1.807) is 44.2 Å². The van der Waals surface area contributed by atoms with Crippen LogP contribution in [0.2, 0.25) is 5.02 Å². The van der Waals surface area contributed by atoms with Gasteiger partial charge in [0.05, 0.1) is 40.6 Å². The van der Waals surface area contributed by atoms with Gasteiger partial charge in [-0.15, -0.1) is 0 Å². The summed E-state index contributed by atoms with van der Waals surface area (Å²) in [5.41, 5.74) is 2.17. The molecule has 0 N–H and O–H groups in total. The Morgan fingerprint density at radius 1 is 1.12 bits per heavy atom. The van der Waals surface area contributed by atoms with E-state index >= 15 is 0 Å². The molecule has 0 saturated carbocycles. The number of carbonyl (C=O) groups excluding carboxylic acids is 1. The summed E-state index contributed by atoms with van der Waals surface area (Å²) in [5, 5.41) is 0.256. The zero-order valence-corrected chi connectivity index (χ0v) is 24.1. The summed E-state index contributed by atoms with van der Waals surface area (Å²) in [7, 11) is 1.50. The summed E-state index contributed by atoms with van der Waals surface area (Å²) < 4.78 is 32.9. The number of nitrogens with zero attached hydrogens (tertiary/aromatic N) is 2. The number of ether oxygens (including phenoxy) is 3. The van der Waals surface area contributed by atoms with Gasteiger partial charge in [-0.25, -0.2) is 14.2 Å². The zero-order valence-electron chi connectivity index (χ0n) is 22.5. The Morgan fingerprint density at radius 2 is 1.90 bits per heavy atom. The fraction of sp³-hybridized carbons (Fsp3) is 0.194. The van der Waals surface area contributed by atoms with E-state index in [1.165, 1.54) is 35.1 Å². The van der Waals surface area contributed by atoms with Gasteiger partial charge in [-0.3, -0.25) is 9.36 Å². The van der Waals surface area contributed by atoms with Gasteiger partial charge in [0.2, 0.25) is 0 Å². The minimum Gasteiger partial charge on any atom is -0.493 e. The highest BCUT2D eigenvalue weighted by atomic mass is 35.5. The lowest BCUT2D eigenvalue weighted by Crippen LogP contribution is -2.39. The van der Waals surface area contributed by atoms with Crippen LogP contribution in [0.3, 0.4) is 0 Å². The van der Waals surface area contributed by atoms with Crippen molar-refractivity contribution in [3.05, 3.63) is 125 Å². The predicted octanol–water partition coefficient (Wildman–Crippen LogP) is 5.18. The minimum atomic E-state index is -0.686. The van der Waals surface area contributed by atoms with Crippen molar-refractivity contribution in [2.24, 2.45) is 4.99 Å². The van der Waals surface area contributed by atoms with E-state index in [9.17, 15) is 14.0 Å². The van der Waals surface area contributed by atoms with Crippen molar-refractivity contribution in [2.75, 3.05) is 13.7 Å². The van der Waals surface area contributed by atoms with Gasteiger partial charge in [0, 0.05) is 5.56 Å². The molecule has 5 rings (SSSR count). The average molecular weight is 593 g/mol. The number of hydrogen-bond acceptors (Lipinski definition) is 7. The largest absolute Gasteiger partial charge is 0.493 e. The molecular weight excluding hydrogens is 567 g/mol. The standard InChI is InChI=1S/C31H26ClFN2O5S/c1-4-39-30(37)27-18(2)34-31-35(28(27)20-9-6-5-7-10-20)29(36)26(41-31)16-19-13-14-24(38-3)25(15-19)40-17-21-22(32)11-8-12-23(21)33/h5-16,28H,4,17H2,1-3H3/b26-16+/t28-/m1/s1. The first kappa shape index (κ1) is 28.3. The smallest absolute Gasteiger partial charge is 0.338 e. The molecule has 0 bridgehead atoms. The van der Waals surface area contributed by atoms with Crippen LogP contribution in [0.25, 0.3) is 6.08 Å². The van der Waals surface area contributed by atoms with Crippen molar-refractivity contribution in [1.82, 2.24) is 4.57 Å². The summed E-state index contributed by atoms with van der Waals surface area (Å²) in [6, 6.07) is 18.3. The van der Waals surface area contributed by atoms with E-state index in [1.807, 2.05) is 30.3 Å². The lowest BCUT2D eigenvalue weighted by atomic mass is 9.96. The van der Waals surface area contributed by atoms with Crippen LogP contribution in [0.1, 0.15) is 36.6 Å². The van der Waals surface area contributed by atoms with Gasteiger partial charge in [0.1, 0.15) is 12.4 Å². The fourth-order valence-electron chi connectivity index (χ4n) is 4.61. The SMILES string of the molecule is CCOC(=O)C1=C(C)N=c2s/c(=C/c3ccc(OC)c(OCc4c(F)cccc4Cl)c3)c(=O)n2[C@@H]1c1ccccc1. The van der Waals surface area contributed by atoms with Gasteiger partial charge in [-0.1, -0.05) is 65.4 Å². The summed E-state index contributed by atoms with van der Waals surface area (Å²) >= 11 is 7.37. The topological polar surface area (TPSA) is 79.1 Å². The van der Waals surface area contributed by atoms with E-state index in [4.69, 9.17) is 25.8 Å². The normalized spacial score (nSPS) is 14.9. The van der Waals surface area contributed by atoms with Gasteiger partial charge in [0.25, 0.3) is 5.56 Å². The van der Waals surface area contributed by atoms with Crippen LogP contribution in [0.4, 0.5) is 4.39 Å². The number of fused-ring (bicyclic) bond motifs is 1. The van der Waals surface area contributed by atoms with Crippen LogP contribution in [0, 0.1) is 5.82 Å². The van der Waals surface area contributed by atoms with E-state index in [0.29, 0.717) is 37.7 Å². The van der Waals surface area contributed by atoms with E-state index in [2.05, 4.69) is 4.99 Å². The quantitative estimate of drug-likeness (QED) is 0.264. The first-order valence-electron chi connectivity index (χ1n) is 12.8. The first-order chi connectivity index (χ1) is 19.8. The molecule has 210 valence electrons. The molecule has 2 heterocycles. The molecular formula is C31H26ClFN2O5S. The molecule has 1 aromatic heterocycles. The fourth-order valence-corrected chi connectivity index (χ4v) is 5.87. The number of esters is 1. The molecule has 41 heavy (non-hydrogen) atoms. The summed E-state index contributed by atoms with van der Waals surface area (Å²) in [6.45, 7) is 3.57. The van der Waals surface area contributed by atoms with E-state index in [-0.39, 0.29) is 29.4 Å². The van der Waals surface area contributed by atoms with Crippen LogP contribution < -0.4 is 24.4 Å². The Hall–Kier alpha value is -4.21. The molecule has 3 aromatic carbocycles. The number of carbonyl (C=O) groups is 1. The van der Waals surface area contributed by atoms with Crippen LogP contribution in [-0.2, 0) is 16.1 Å². The molecule has 0 spiro atoms. The molecule has 0 unspecified atom stereocenters. The Balaban J connectivity index is 1.57. The number of allylic oxidation sites excluding steroid dienone is 1. The van der Waals surface area contributed by atoms with Gasteiger partial charge < -0.3 is 14.2 Å². The monoisotopic (exact) mass is 592 g/mol. The molecule has 0 radical (unpaired) electrons. The summed E-state index contributed by atoms with van der Waals surface area (Å²) in [4.78, 5) is 31.9. The second-order valence-corrected chi connectivity index (χ2v) is 10.5. The number of thiazole rings is 1. The van der Waals surface area contributed by atoms with E-state index in [0.717, 1.165) is 5.56 Å². The molecule has 1 atom stereocenters. The van der Waals surface area contributed by atoms with Crippen LogP contribution in [-0.4, -0.2) is 24.3 Å². The third kappa shape index (κ3) is 5.68. The third-order valence-corrected chi connectivity index (χ3v) is 7.89. The molecule has 0 saturated heterocycles. The number of halogens is 2. The van der Waals surface area contributed by atoms with Crippen molar-refractivity contribution in [3.8, 4) is 11.5 Å². The highest BCUT2D eigenvalue weighted by molar-refractivity contribution is 7.07. The molecule has 4 aromatic rings. The Kier molecular flexibility index (Phi) is 8.37. The number of aromatic nitrogens is 1. The highest BCUT2D eigenvalue weighted by Crippen LogP contribution is 2.32. The highest BCUT2D eigenvalue weighted by Gasteiger charge is 2.33. The molecule has 0 amide bonds. The van der Waals surface area contributed by atoms with Crippen LogP contribution in [0.5, 0.6) is 11.5 Å². The third-order valence-electron chi connectivity index (χ3n) is 6.55. The number of hydrogen-bond donors (Lipinski definition) is 0. The lowest BCUT2D eigenvalue weighted by Gasteiger charge is -2.24. The number of benzene rings is 3. The van der Waals surface area contributed by atoms with Gasteiger partial charge in [-0.05, 0) is 55.3 Å². The van der Waals surface area contributed by atoms with Crippen molar-refractivity contribution in [3.63, 3.8) is 0 Å². The van der Waals surface area contributed by atoms with Crippen molar-refractivity contribution >= 4 is 35.0 Å². The second-order valence-electron chi connectivity index (χ2n) is 9.11. The molecule has 0 fully saturated rings. The first-order valence-corrected chi connectivity index (χ1v) is 14.0. The second kappa shape index (κ2) is 12.1. The molecule has 1 aliphatic rings. The number of methoxy groups -OCH3 is 1.